The van der Waals surface area contributed by atoms with Gasteiger partial charge < -0.3 is 10.3 Å². The molecule has 3 N–H and O–H groups in total. The lowest BCUT2D eigenvalue weighted by atomic mass is 10.2. The van der Waals surface area contributed by atoms with Crippen LogP contribution in [0.2, 0.25) is 5.02 Å². The molecule has 2 aromatic heterocycles. The molecule has 0 atom stereocenters. The smallest absolute Gasteiger partial charge is 0.272 e. The maximum Gasteiger partial charge on any atom is 0.272 e. The second-order valence-electron chi connectivity index (χ2n) is 6.19. The van der Waals surface area contributed by atoms with Crippen molar-refractivity contribution in [3.8, 4) is 0 Å². The molecular weight excluding hydrogens is 433 g/mol. The Balaban J connectivity index is 1.51. The first-order valence-electron chi connectivity index (χ1n) is 8.51. The van der Waals surface area contributed by atoms with E-state index >= 15 is 0 Å². The first-order valence-corrected chi connectivity index (χ1v) is 10.4. The molecule has 1 amide bonds. The third kappa shape index (κ3) is 4.09. The number of sulfonamides is 1. The van der Waals surface area contributed by atoms with Crippen LogP contribution in [0.1, 0.15) is 10.5 Å². The van der Waals surface area contributed by atoms with Crippen molar-refractivity contribution in [3.05, 3.63) is 77.5 Å². The Morgan fingerprint density at radius 3 is 2.47 bits per heavy atom. The van der Waals surface area contributed by atoms with Crippen molar-refractivity contribution >= 4 is 50.1 Å². The van der Waals surface area contributed by atoms with E-state index in [2.05, 4.69) is 25.0 Å². The van der Waals surface area contributed by atoms with Gasteiger partial charge in [0, 0.05) is 28.5 Å². The number of aromatic nitrogens is 3. The summed E-state index contributed by atoms with van der Waals surface area (Å²) >= 11 is 5.83. The molecule has 152 valence electrons. The molecule has 8 nitrogen and oxygen atoms in total. The largest absolute Gasteiger partial charge is 0.348 e. The monoisotopic (exact) mass is 445 g/mol. The first-order chi connectivity index (χ1) is 14.3. The van der Waals surface area contributed by atoms with Gasteiger partial charge in [-0.25, -0.2) is 27.5 Å². The summed E-state index contributed by atoms with van der Waals surface area (Å²) in [5, 5.41) is 3.29. The average molecular weight is 446 g/mol. The molecule has 0 saturated carbocycles. The number of rotatable bonds is 5. The minimum absolute atomic E-state index is 0.0322. The third-order valence-corrected chi connectivity index (χ3v) is 5.67. The van der Waals surface area contributed by atoms with E-state index in [9.17, 15) is 17.6 Å². The molecule has 0 spiro atoms. The van der Waals surface area contributed by atoms with Crippen LogP contribution in [0.4, 0.5) is 16.0 Å². The van der Waals surface area contributed by atoms with Crippen molar-refractivity contribution in [2.75, 3.05) is 10.0 Å². The number of H-pyrrole nitrogens is 1. The average Bonchev–Trinajstić information content (AvgIpc) is 3.13. The van der Waals surface area contributed by atoms with Crippen molar-refractivity contribution in [1.82, 2.24) is 15.0 Å². The molecule has 0 aliphatic rings. The Bertz CT molecular complexity index is 1340. The number of anilines is 2. The molecule has 0 aliphatic carbocycles. The van der Waals surface area contributed by atoms with Crippen LogP contribution in [0.15, 0.2) is 65.8 Å². The van der Waals surface area contributed by atoms with Crippen LogP contribution < -0.4 is 10.0 Å². The summed E-state index contributed by atoms with van der Waals surface area (Å²) in [5.41, 5.74) is 0.651. The maximum absolute atomic E-state index is 13.9. The zero-order valence-electron chi connectivity index (χ0n) is 15.1. The lowest BCUT2D eigenvalue weighted by molar-refractivity contribution is 0.102. The van der Waals surface area contributed by atoms with Gasteiger partial charge in [0.25, 0.3) is 15.9 Å². The summed E-state index contributed by atoms with van der Waals surface area (Å²) in [7, 11) is -3.88. The van der Waals surface area contributed by atoms with Gasteiger partial charge in [0.2, 0.25) is 5.95 Å². The van der Waals surface area contributed by atoms with Gasteiger partial charge in [-0.3, -0.25) is 4.79 Å². The Kier molecular flexibility index (Phi) is 5.10. The number of hydrogen-bond acceptors (Lipinski definition) is 5. The van der Waals surface area contributed by atoms with Crippen molar-refractivity contribution < 1.29 is 17.6 Å². The number of fused-ring (bicyclic) bond motifs is 1. The molecular formula is C19H13ClFN5O3S. The summed E-state index contributed by atoms with van der Waals surface area (Å²) < 4.78 is 41.0. The van der Waals surface area contributed by atoms with Gasteiger partial charge >= 0.3 is 0 Å². The van der Waals surface area contributed by atoms with Crippen molar-refractivity contribution in [1.29, 1.82) is 0 Å². The Labute approximate surface area is 175 Å². The van der Waals surface area contributed by atoms with Crippen LogP contribution in [-0.2, 0) is 10.0 Å². The molecule has 4 rings (SSSR count). The zero-order valence-corrected chi connectivity index (χ0v) is 16.6. The minimum Gasteiger partial charge on any atom is -0.348 e. The molecule has 11 heteroatoms. The Morgan fingerprint density at radius 2 is 1.77 bits per heavy atom. The van der Waals surface area contributed by atoms with E-state index in [0.29, 0.717) is 11.1 Å². The van der Waals surface area contributed by atoms with Crippen LogP contribution in [0.3, 0.4) is 0 Å². The maximum atomic E-state index is 13.9. The molecule has 30 heavy (non-hydrogen) atoms. The molecule has 0 bridgehead atoms. The summed E-state index contributed by atoms with van der Waals surface area (Å²) in [6.07, 6.45) is 2.82. The SMILES string of the molecule is O=C(Nc1ccc(S(=O)(=O)Nc2ncccn2)cc1)c1cc2cc(Cl)cc(F)c2[nH]1. The van der Waals surface area contributed by atoms with Crippen molar-refractivity contribution in [3.63, 3.8) is 0 Å². The molecule has 0 radical (unpaired) electrons. The number of halogens is 2. The number of nitrogens with zero attached hydrogens (tertiary/aromatic N) is 2. The number of hydrogen-bond donors (Lipinski definition) is 3. The van der Waals surface area contributed by atoms with Gasteiger partial charge in [-0.2, -0.15) is 0 Å². The van der Waals surface area contributed by atoms with E-state index < -0.39 is 21.7 Å². The van der Waals surface area contributed by atoms with Gasteiger partial charge in [-0.05, 0) is 48.5 Å². The quantitative estimate of drug-likeness (QED) is 0.432. The lowest BCUT2D eigenvalue weighted by Gasteiger charge is -2.08. The zero-order chi connectivity index (χ0) is 21.3. The number of aromatic amines is 1. The summed E-state index contributed by atoms with van der Waals surface area (Å²) in [6, 6.07) is 11.2. The highest BCUT2D eigenvalue weighted by Crippen LogP contribution is 2.24. The highest BCUT2D eigenvalue weighted by atomic mass is 35.5. The van der Waals surface area contributed by atoms with E-state index in [0.717, 1.165) is 6.07 Å². The van der Waals surface area contributed by atoms with Crippen LogP contribution in [0, 0.1) is 5.82 Å². The van der Waals surface area contributed by atoms with E-state index in [1.165, 1.54) is 48.8 Å². The Morgan fingerprint density at radius 1 is 1.07 bits per heavy atom. The number of benzene rings is 2. The van der Waals surface area contributed by atoms with E-state index in [4.69, 9.17) is 11.6 Å². The molecule has 0 unspecified atom stereocenters. The number of carbonyl (C=O) groups is 1. The van der Waals surface area contributed by atoms with Crippen molar-refractivity contribution in [2.24, 2.45) is 0 Å². The molecule has 0 aliphatic heterocycles. The minimum atomic E-state index is -3.88. The van der Waals surface area contributed by atoms with Crippen LogP contribution in [0.5, 0.6) is 0 Å². The number of carbonyl (C=O) groups excluding carboxylic acids is 1. The fourth-order valence-electron chi connectivity index (χ4n) is 2.73. The highest BCUT2D eigenvalue weighted by molar-refractivity contribution is 7.92. The molecule has 0 fully saturated rings. The standard InChI is InChI=1S/C19H13ClFN5O3S/c20-12-8-11-9-16(25-17(11)15(21)10-12)18(27)24-13-2-4-14(5-3-13)30(28,29)26-19-22-6-1-7-23-19/h1-10,25H,(H,24,27)(H,22,23,26). The highest BCUT2D eigenvalue weighted by Gasteiger charge is 2.17. The predicted molar refractivity (Wildman–Crippen MR) is 111 cm³/mol. The van der Waals surface area contributed by atoms with Crippen LogP contribution in [0.25, 0.3) is 10.9 Å². The molecule has 4 aromatic rings. The van der Waals surface area contributed by atoms with Crippen LogP contribution in [-0.4, -0.2) is 29.3 Å². The van der Waals surface area contributed by atoms with Gasteiger partial charge in [-0.1, -0.05) is 11.6 Å². The Hall–Kier alpha value is -3.50. The normalized spacial score (nSPS) is 11.4. The number of nitrogens with one attached hydrogen (secondary N) is 3. The first kappa shape index (κ1) is 19.8. The van der Waals surface area contributed by atoms with Gasteiger partial charge in [-0.15, -0.1) is 0 Å². The van der Waals surface area contributed by atoms with E-state index in [1.807, 2.05) is 0 Å². The topological polar surface area (TPSA) is 117 Å². The molecule has 2 heterocycles. The third-order valence-electron chi connectivity index (χ3n) is 4.10. The van der Waals surface area contributed by atoms with Gasteiger partial charge in [0.15, 0.2) is 0 Å². The molecule has 0 saturated heterocycles. The summed E-state index contributed by atoms with van der Waals surface area (Å²) in [4.78, 5) is 22.8. The number of amides is 1. The van der Waals surface area contributed by atoms with Crippen molar-refractivity contribution in [2.45, 2.75) is 4.90 Å². The summed E-state index contributed by atoms with van der Waals surface area (Å²) in [5.74, 6) is -1.14. The van der Waals surface area contributed by atoms with E-state index in [-0.39, 0.29) is 27.1 Å². The fraction of sp³-hybridized carbons (Fsp3) is 0. The lowest BCUT2D eigenvalue weighted by Crippen LogP contribution is -2.15. The second kappa shape index (κ2) is 7.73. The van der Waals surface area contributed by atoms with Crippen LogP contribution >= 0.6 is 11.6 Å². The summed E-state index contributed by atoms with van der Waals surface area (Å²) in [6.45, 7) is 0. The molecule has 2 aromatic carbocycles. The van der Waals surface area contributed by atoms with Gasteiger partial charge in [0.05, 0.1) is 10.4 Å². The second-order valence-corrected chi connectivity index (χ2v) is 8.31. The predicted octanol–water partition coefficient (Wildman–Crippen LogP) is 3.80. The van der Waals surface area contributed by atoms with Gasteiger partial charge in [0.1, 0.15) is 11.5 Å². The van der Waals surface area contributed by atoms with E-state index in [1.54, 1.807) is 6.07 Å². The fourth-order valence-corrected chi connectivity index (χ4v) is 3.91.